The maximum Gasteiger partial charge on any atom is 0.220 e. The van der Waals surface area contributed by atoms with E-state index in [-0.39, 0.29) is 29.3 Å². The fourth-order valence-electron chi connectivity index (χ4n) is 4.74. The van der Waals surface area contributed by atoms with E-state index in [0.717, 1.165) is 25.7 Å². The van der Waals surface area contributed by atoms with Gasteiger partial charge in [0.05, 0.1) is 0 Å². The highest BCUT2D eigenvalue weighted by atomic mass is 16.2. The molecule has 0 radical (unpaired) electrons. The normalized spacial score (nSPS) is 28.8. The maximum atomic E-state index is 12.3. The summed E-state index contributed by atoms with van der Waals surface area (Å²) in [5, 5.41) is 6.39. The topological polar surface area (TPSA) is 58.2 Å². The van der Waals surface area contributed by atoms with Crippen molar-refractivity contribution in [1.29, 1.82) is 0 Å². The van der Waals surface area contributed by atoms with Crippen LogP contribution in [0.25, 0.3) is 0 Å². The highest BCUT2D eigenvalue weighted by Gasteiger charge is 2.45. The number of amides is 2. The first kappa shape index (κ1) is 18.9. The Morgan fingerprint density at radius 3 is 2.62 bits per heavy atom. The average molecular weight is 357 g/mol. The summed E-state index contributed by atoms with van der Waals surface area (Å²) in [6, 6.07) is 10.5. The van der Waals surface area contributed by atoms with Crippen LogP contribution in [-0.4, -0.2) is 23.9 Å². The Balaban J connectivity index is 1.53. The molecule has 0 aromatic heterocycles. The van der Waals surface area contributed by atoms with Crippen LogP contribution in [0.2, 0.25) is 0 Å². The van der Waals surface area contributed by atoms with Crippen LogP contribution < -0.4 is 10.6 Å². The number of fused-ring (bicyclic) bond motifs is 1. The van der Waals surface area contributed by atoms with Gasteiger partial charge in [0, 0.05) is 24.9 Å². The van der Waals surface area contributed by atoms with Crippen LogP contribution in [0.4, 0.5) is 0 Å². The quantitative estimate of drug-likeness (QED) is 0.868. The molecule has 2 fully saturated rings. The first-order chi connectivity index (χ1) is 12.3. The fourth-order valence-corrected chi connectivity index (χ4v) is 4.74. The minimum atomic E-state index is 0.117. The number of carbonyl (C=O) groups is 2. The van der Waals surface area contributed by atoms with E-state index >= 15 is 0 Å². The zero-order chi connectivity index (χ0) is 18.7. The lowest BCUT2D eigenvalue weighted by atomic mass is 9.62. The summed E-state index contributed by atoms with van der Waals surface area (Å²) in [5.41, 5.74) is 1.34. The Hall–Kier alpha value is -1.84. The van der Waals surface area contributed by atoms with Crippen molar-refractivity contribution in [3.8, 4) is 0 Å². The molecule has 2 N–H and O–H groups in total. The molecule has 1 aliphatic heterocycles. The van der Waals surface area contributed by atoms with E-state index in [2.05, 4.69) is 43.5 Å². The van der Waals surface area contributed by atoms with Gasteiger partial charge in [-0.15, -0.1) is 0 Å². The van der Waals surface area contributed by atoms with Crippen molar-refractivity contribution in [2.45, 2.75) is 71.4 Å². The number of aryl methyl sites for hydroxylation is 1. The van der Waals surface area contributed by atoms with Crippen LogP contribution >= 0.6 is 0 Å². The first-order valence-electron chi connectivity index (χ1n) is 9.95. The van der Waals surface area contributed by atoms with Gasteiger partial charge in [-0.2, -0.15) is 0 Å². The summed E-state index contributed by atoms with van der Waals surface area (Å²) < 4.78 is 0. The molecule has 26 heavy (non-hydrogen) atoms. The summed E-state index contributed by atoms with van der Waals surface area (Å²) in [6.07, 6.45) is 4.88. The molecule has 2 amide bonds. The van der Waals surface area contributed by atoms with Crippen LogP contribution in [0, 0.1) is 17.3 Å². The zero-order valence-corrected chi connectivity index (χ0v) is 16.3. The standard InChI is InChI=1S/C22H32N2O2/c1-22(2,3)18-14-21(26)24-19-13-16(10-11-17(18)19)23-20(25)12-9-15-7-5-4-6-8-15/h4-8,16-19H,9-14H2,1-3H3,(H,23,25)(H,24,26). The second-order valence-corrected chi connectivity index (χ2v) is 9.08. The average Bonchev–Trinajstić information content (AvgIpc) is 2.59. The lowest BCUT2D eigenvalue weighted by Crippen LogP contribution is -2.57. The van der Waals surface area contributed by atoms with Crippen LogP contribution in [0.3, 0.4) is 0 Å². The number of piperidine rings is 1. The summed E-state index contributed by atoms with van der Waals surface area (Å²) in [4.78, 5) is 24.5. The van der Waals surface area contributed by atoms with Crippen molar-refractivity contribution in [3.63, 3.8) is 0 Å². The van der Waals surface area contributed by atoms with Crippen molar-refractivity contribution >= 4 is 11.8 Å². The lowest BCUT2D eigenvalue weighted by molar-refractivity contribution is -0.130. The van der Waals surface area contributed by atoms with E-state index in [1.54, 1.807) is 0 Å². The molecule has 1 saturated carbocycles. The minimum Gasteiger partial charge on any atom is -0.353 e. The van der Waals surface area contributed by atoms with Gasteiger partial charge in [-0.3, -0.25) is 9.59 Å². The Morgan fingerprint density at radius 2 is 1.92 bits per heavy atom. The van der Waals surface area contributed by atoms with Crippen molar-refractivity contribution in [2.24, 2.45) is 17.3 Å². The molecule has 4 nitrogen and oxygen atoms in total. The monoisotopic (exact) mass is 356 g/mol. The summed E-state index contributed by atoms with van der Waals surface area (Å²) in [7, 11) is 0. The number of carbonyl (C=O) groups excluding carboxylic acids is 2. The predicted molar refractivity (Wildman–Crippen MR) is 104 cm³/mol. The summed E-state index contributed by atoms with van der Waals surface area (Å²) in [5.74, 6) is 1.25. The van der Waals surface area contributed by atoms with E-state index in [9.17, 15) is 9.59 Å². The SMILES string of the molecule is CC(C)(C)C1CC(=O)NC2CC(NC(=O)CCc3ccccc3)CCC21. The zero-order valence-electron chi connectivity index (χ0n) is 16.3. The predicted octanol–water partition coefficient (Wildman–Crippen LogP) is 3.45. The molecule has 4 heteroatoms. The molecule has 4 atom stereocenters. The third kappa shape index (κ3) is 4.66. The Bertz CT molecular complexity index is 635. The molecule has 142 valence electrons. The molecule has 4 unspecified atom stereocenters. The summed E-state index contributed by atoms with van der Waals surface area (Å²) in [6.45, 7) is 6.72. The molecule has 2 aliphatic rings. The highest BCUT2D eigenvalue weighted by molar-refractivity contribution is 5.78. The molecule has 0 bridgehead atoms. The second kappa shape index (κ2) is 7.81. The van der Waals surface area contributed by atoms with E-state index < -0.39 is 0 Å². The third-order valence-electron chi connectivity index (χ3n) is 6.13. The molecule has 1 aromatic rings. The maximum absolute atomic E-state index is 12.3. The van der Waals surface area contributed by atoms with Crippen LogP contribution in [0.5, 0.6) is 0 Å². The molecule has 1 saturated heterocycles. The fraction of sp³-hybridized carbons (Fsp3) is 0.636. The van der Waals surface area contributed by atoms with E-state index in [0.29, 0.717) is 24.7 Å². The van der Waals surface area contributed by atoms with Crippen LogP contribution in [0.15, 0.2) is 30.3 Å². The second-order valence-electron chi connectivity index (χ2n) is 9.08. The largest absolute Gasteiger partial charge is 0.353 e. The van der Waals surface area contributed by atoms with Gasteiger partial charge in [0.25, 0.3) is 0 Å². The van der Waals surface area contributed by atoms with Crippen molar-refractivity contribution < 1.29 is 9.59 Å². The summed E-state index contributed by atoms with van der Waals surface area (Å²) >= 11 is 0. The molecule has 0 spiro atoms. The van der Waals surface area contributed by atoms with Gasteiger partial charge >= 0.3 is 0 Å². The Morgan fingerprint density at radius 1 is 1.19 bits per heavy atom. The number of benzene rings is 1. The molecule has 1 aromatic carbocycles. The molecular formula is C22H32N2O2. The van der Waals surface area contributed by atoms with E-state index in [4.69, 9.17) is 0 Å². The first-order valence-corrected chi connectivity index (χ1v) is 9.95. The smallest absolute Gasteiger partial charge is 0.220 e. The van der Waals surface area contributed by atoms with E-state index in [1.807, 2.05) is 18.2 Å². The molecule has 1 heterocycles. The van der Waals surface area contributed by atoms with Crippen LogP contribution in [-0.2, 0) is 16.0 Å². The number of rotatable bonds is 4. The van der Waals surface area contributed by atoms with Gasteiger partial charge in [-0.1, -0.05) is 51.1 Å². The molecular weight excluding hydrogens is 324 g/mol. The molecule has 3 rings (SSSR count). The van der Waals surface area contributed by atoms with Gasteiger partial charge in [-0.25, -0.2) is 0 Å². The number of nitrogens with one attached hydrogen (secondary N) is 2. The lowest BCUT2D eigenvalue weighted by Gasteiger charge is -2.48. The highest BCUT2D eigenvalue weighted by Crippen LogP contribution is 2.44. The van der Waals surface area contributed by atoms with Gasteiger partial charge in [0.1, 0.15) is 0 Å². The Kier molecular flexibility index (Phi) is 5.69. The van der Waals surface area contributed by atoms with Gasteiger partial charge in [-0.05, 0) is 48.5 Å². The van der Waals surface area contributed by atoms with Gasteiger partial charge < -0.3 is 10.6 Å². The van der Waals surface area contributed by atoms with Crippen molar-refractivity contribution in [3.05, 3.63) is 35.9 Å². The van der Waals surface area contributed by atoms with Gasteiger partial charge in [0.15, 0.2) is 0 Å². The van der Waals surface area contributed by atoms with Crippen LogP contribution in [0.1, 0.15) is 58.4 Å². The Labute approximate surface area is 157 Å². The van der Waals surface area contributed by atoms with Crippen molar-refractivity contribution in [1.82, 2.24) is 10.6 Å². The molecule has 1 aliphatic carbocycles. The minimum absolute atomic E-state index is 0.117. The van der Waals surface area contributed by atoms with Gasteiger partial charge in [0.2, 0.25) is 11.8 Å². The van der Waals surface area contributed by atoms with Crippen molar-refractivity contribution in [2.75, 3.05) is 0 Å². The van der Waals surface area contributed by atoms with E-state index in [1.165, 1.54) is 5.56 Å². The number of hydrogen-bond acceptors (Lipinski definition) is 2. The third-order valence-corrected chi connectivity index (χ3v) is 6.13. The number of hydrogen-bond donors (Lipinski definition) is 2.